The maximum Gasteiger partial charge on any atom is 0.256 e. The second-order valence-electron chi connectivity index (χ2n) is 4.22. The molecule has 6 heteroatoms. The number of carbonyl (C=O) groups is 1. The van der Waals surface area contributed by atoms with Crippen molar-refractivity contribution in [1.82, 2.24) is 0 Å². The number of halogens is 1. The summed E-state index contributed by atoms with van der Waals surface area (Å²) in [7, 11) is 3.11. The van der Waals surface area contributed by atoms with E-state index in [4.69, 9.17) is 9.47 Å². The van der Waals surface area contributed by atoms with E-state index in [-0.39, 0.29) is 5.91 Å². The Kier molecular flexibility index (Phi) is 5.14. The predicted octanol–water partition coefficient (Wildman–Crippen LogP) is 4.01. The first-order valence-electron chi connectivity index (χ1n) is 6.06. The van der Waals surface area contributed by atoms with Gasteiger partial charge in [0, 0.05) is 33.3 Å². The largest absolute Gasteiger partial charge is 0.497 e. The number of nitrogens with one attached hydrogen (secondary N) is 1. The van der Waals surface area contributed by atoms with Crippen molar-refractivity contribution in [2.45, 2.75) is 4.90 Å². The smallest absolute Gasteiger partial charge is 0.256 e. The molecule has 1 N–H and O–H groups in total. The number of rotatable bonds is 4. The van der Waals surface area contributed by atoms with Gasteiger partial charge in [-0.25, -0.2) is 0 Å². The van der Waals surface area contributed by atoms with Crippen LogP contribution in [0.2, 0.25) is 0 Å². The molecule has 0 spiro atoms. The first-order chi connectivity index (χ1) is 10.0. The van der Waals surface area contributed by atoms with Crippen LogP contribution in [0.15, 0.2) is 45.8 Å². The van der Waals surface area contributed by atoms with Gasteiger partial charge in [-0.1, -0.05) is 0 Å². The van der Waals surface area contributed by atoms with Crippen LogP contribution in [0.5, 0.6) is 11.5 Å². The van der Waals surface area contributed by atoms with E-state index in [1.165, 1.54) is 0 Å². The molecular weight excluding hydrogens is 354 g/mol. The van der Waals surface area contributed by atoms with Crippen LogP contribution in [0.3, 0.4) is 0 Å². The van der Waals surface area contributed by atoms with Crippen LogP contribution in [-0.4, -0.2) is 20.1 Å². The summed E-state index contributed by atoms with van der Waals surface area (Å²) in [6.45, 7) is 0. The van der Waals surface area contributed by atoms with Gasteiger partial charge in [-0.05, 0) is 34.1 Å². The lowest BCUT2D eigenvalue weighted by Crippen LogP contribution is -2.12. The van der Waals surface area contributed by atoms with Gasteiger partial charge in [-0.3, -0.25) is 4.79 Å². The molecule has 0 atom stereocenters. The maximum absolute atomic E-state index is 12.3. The molecule has 4 nitrogen and oxygen atoms in total. The standard InChI is InChI=1S/C15H14BrNO3S/c1-19-10-5-9(6-11(7-10)20-2)17-15(18)13-8-12(21)3-4-14(13)16/h3-8,21H,1-2H3,(H,17,18). The summed E-state index contributed by atoms with van der Waals surface area (Å²) in [5.74, 6) is 0.964. The van der Waals surface area contributed by atoms with Crippen LogP contribution in [-0.2, 0) is 0 Å². The fourth-order valence-electron chi connectivity index (χ4n) is 1.77. The number of carbonyl (C=O) groups excluding carboxylic acids is 1. The normalized spacial score (nSPS) is 10.1. The Morgan fingerprint density at radius 2 is 1.71 bits per heavy atom. The van der Waals surface area contributed by atoms with E-state index < -0.39 is 0 Å². The number of thiol groups is 1. The van der Waals surface area contributed by atoms with E-state index in [1.807, 2.05) is 0 Å². The van der Waals surface area contributed by atoms with Crippen LogP contribution in [0.25, 0.3) is 0 Å². The molecular formula is C15H14BrNO3S. The molecule has 0 radical (unpaired) electrons. The highest BCUT2D eigenvalue weighted by Gasteiger charge is 2.12. The number of ether oxygens (including phenoxy) is 2. The van der Waals surface area contributed by atoms with Crippen molar-refractivity contribution in [3.63, 3.8) is 0 Å². The van der Waals surface area contributed by atoms with E-state index in [1.54, 1.807) is 50.6 Å². The molecule has 2 aromatic carbocycles. The van der Waals surface area contributed by atoms with E-state index >= 15 is 0 Å². The van der Waals surface area contributed by atoms with Crippen molar-refractivity contribution in [3.05, 3.63) is 46.4 Å². The van der Waals surface area contributed by atoms with Crippen molar-refractivity contribution in [3.8, 4) is 11.5 Å². The molecule has 0 saturated carbocycles. The van der Waals surface area contributed by atoms with Gasteiger partial charge in [0.05, 0.1) is 19.8 Å². The number of anilines is 1. The maximum atomic E-state index is 12.3. The average molecular weight is 368 g/mol. The lowest BCUT2D eigenvalue weighted by Gasteiger charge is -2.11. The highest BCUT2D eigenvalue weighted by atomic mass is 79.9. The van der Waals surface area contributed by atoms with Crippen molar-refractivity contribution >= 4 is 40.2 Å². The highest BCUT2D eigenvalue weighted by Crippen LogP contribution is 2.27. The topological polar surface area (TPSA) is 47.6 Å². The molecule has 0 aliphatic heterocycles. The number of hydrogen-bond acceptors (Lipinski definition) is 4. The van der Waals surface area contributed by atoms with Crippen LogP contribution >= 0.6 is 28.6 Å². The summed E-state index contributed by atoms with van der Waals surface area (Å²) >= 11 is 7.60. The zero-order valence-corrected chi connectivity index (χ0v) is 14.0. The predicted molar refractivity (Wildman–Crippen MR) is 88.9 cm³/mol. The number of amides is 1. The molecule has 0 bridgehead atoms. The fraction of sp³-hybridized carbons (Fsp3) is 0.133. The molecule has 21 heavy (non-hydrogen) atoms. The fourth-order valence-corrected chi connectivity index (χ4v) is 2.40. The van der Waals surface area contributed by atoms with E-state index in [9.17, 15) is 4.79 Å². The summed E-state index contributed by atoms with van der Waals surface area (Å²) in [6.07, 6.45) is 0. The minimum absolute atomic E-state index is 0.243. The summed E-state index contributed by atoms with van der Waals surface area (Å²) in [4.78, 5) is 13.0. The highest BCUT2D eigenvalue weighted by molar-refractivity contribution is 9.10. The Hall–Kier alpha value is -1.66. The molecule has 0 aromatic heterocycles. The van der Waals surface area contributed by atoms with Crippen molar-refractivity contribution in [2.75, 3.05) is 19.5 Å². The first-order valence-corrected chi connectivity index (χ1v) is 7.30. The molecule has 1 amide bonds. The van der Waals surface area contributed by atoms with Crippen LogP contribution < -0.4 is 14.8 Å². The molecule has 0 aliphatic rings. The minimum atomic E-state index is -0.243. The van der Waals surface area contributed by atoms with Crippen molar-refractivity contribution < 1.29 is 14.3 Å². The van der Waals surface area contributed by atoms with E-state index in [0.29, 0.717) is 32.1 Å². The Balaban J connectivity index is 2.28. The SMILES string of the molecule is COc1cc(NC(=O)c2cc(S)ccc2Br)cc(OC)c1. The quantitative estimate of drug-likeness (QED) is 0.802. The Labute approximate surface area is 137 Å². The molecule has 0 unspecified atom stereocenters. The van der Waals surface area contributed by atoms with Crippen LogP contribution in [0.1, 0.15) is 10.4 Å². The van der Waals surface area contributed by atoms with E-state index in [2.05, 4.69) is 33.9 Å². The van der Waals surface area contributed by atoms with E-state index in [0.717, 1.165) is 0 Å². The lowest BCUT2D eigenvalue weighted by molar-refractivity contribution is 0.102. The third kappa shape index (κ3) is 3.92. The first kappa shape index (κ1) is 15.7. The summed E-state index contributed by atoms with van der Waals surface area (Å²) in [6, 6.07) is 10.5. The molecule has 2 aromatic rings. The Morgan fingerprint density at radius 3 is 2.29 bits per heavy atom. The van der Waals surface area contributed by atoms with Gasteiger partial charge in [0.25, 0.3) is 5.91 Å². The summed E-state index contributed by atoms with van der Waals surface area (Å²) in [5, 5.41) is 2.81. The minimum Gasteiger partial charge on any atom is -0.497 e. The van der Waals surface area contributed by atoms with Gasteiger partial charge >= 0.3 is 0 Å². The molecule has 0 heterocycles. The van der Waals surface area contributed by atoms with Crippen LogP contribution in [0, 0.1) is 0 Å². The monoisotopic (exact) mass is 367 g/mol. The molecule has 110 valence electrons. The number of methoxy groups -OCH3 is 2. The van der Waals surface area contributed by atoms with Gasteiger partial charge in [0.15, 0.2) is 0 Å². The lowest BCUT2D eigenvalue weighted by atomic mass is 10.2. The van der Waals surface area contributed by atoms with Crippen LogP contribution in [0.4, 0.5) is 5.69 Å². The van der Waals surface area contributed by atoms with Gasteiger partial charge in [0.2, 0.25) is 0 Å². The zero-order chi connectivity index (χ0) is 15.4. The number of benzene rings is 2. The Morgan fingerprint density at radius 1 is 1.10 bits per heavy atom. The summed E-state index contributed by atoms with van der Waals surface area (Å²) in [5.41, 5.74) is 1.09. The third-order valence-electron chi connectivity index (χ3n) is 2.80. The van der Waals surface area contributed by atoms with Gasteiger partial charge < -0.3 is 14.8 Å². The second kappa shape index (κ2) is 6.87. The number of hydrogen-bond donors (Lipinski definition) is 2. The molecule has 0 fully saturated rings. The Bertz CT molecular complexity index is 654. The molecule has 2 rings (SSSR count). The van der Waals surface area contributed by atoms with Gasteiger partial charge in [0.1, 0.15) is 11.5 Å². The van der Waals surface area contributed by atoms with Crippen molar-refractivity contribution in [2.24, 2.45) is 0 Å². The second-order valence-corrected chi connectivity index (χ2v) is 5.59. The third-order valence-corrected chi connectivity index (χ3v) is 3.77. The van der Waals surface area contributed by atoms with Gasteiger partial charge in [-0.15, -0.1) is 12.6 Å². The van der Waals surface area contributed by atoms with Gasteiger partial charge in [-0.2, -0.15) is 0 Å². The zero-order valence-electron chi connectivity index (χ0n) is 11.5. The average Bonchev–Trinajstić information content (AvgIpc) is 2.49. The molecule has 0 saturated heterocycles. The van der Waals surface area contributed by atoms with Crippen molar-refractivity contribution in [1.29, 1.82) is 0 Å². The molecule has 0 aliphatic carbocycles. The summed E-state index contributed by atoms with van der Waals surface area (Å²) < 4.78 is 11.1.